The number of ether oxygens (including phenoxy) is 1. The molecule has 0 unspecified atom stereocenters. The Hall–Kier alpha value is -2.01. The van der Waals surface area contributed by atoms with E-state index in [-0.39, 0.29) is 5.56 Å². The summed E-state index contributed by atoms with van der Waals surface area (Å²) in [5.41, 5.74) is 2.36. The Balaban J connectivity index is 2.14. The van der Waals surface area contributed by atoms with Crippen molar-refractivity contribution in [3.8, 4) is 5.75 Å². The summed E-state index contributed by atoms with van der Waals surface area (Å²) in [6, 6.07) is 13.1. The SMILES string of the molecule is COc1ccc(CN(C)c2ccc(C(=O)O)c(Br)c2)cc1. The van der Waals surface area contributed by atoms with E-state index in [0.29, 0.717) is 4.47 Å². The zero-order valence-electron chi connectivity index (χ0n) is 11.8. The molecule has 0 spiro atoms. The number of carbonyl (C=O) groups is 1. The molecule has 0 aromatic heterocycles. The second-order valence-corrected chi connectivity index (χ2v) is 5.53. The van der Waals surface area contributed by atoms with Crippen LogP contribution in [0.2, 0.25) is 0 Å². The van der Waals surface area contributed by atoms with E-state index in [2.05, 4.69) is 20.8 Å². The fraction of sp³-hybridized carbons (Fsp3) is 0.188. The van der Waals surface area contributed by atoms with Gasteiger partial charge in [-0.3, -0.25) is 0 Å². The van der Waals surface area contributed by atoms with Gasteiger partial charge < -0.3 is 14.7 Å². The van der Waals surface area contributed by atoms with E-state index in [1.165, 1.54) is 0 Å². The molecule has 0 aliphatic rings. The van der Waals surface area contributed by atoms with Gasteiger partial charge in [0.2, 0.25) is 0 Å². The van der Waals surface area contributed by atoms with Crippen molar-refractivity contribution in [3.05, 3.63) is 58.1 Å². The van der Waals surface area contributed by atoms with Crippen molar-refractivity contribution >= 4 is 27.6 Å². The summed E-state index contributed by atoms with van der Waals surface area (Å²) in [6.45, 7) is 0.725. The molecule has 2 aromatic rings. The molecule has 0 bridgehead atoms. The molecule has 0 amide bonds. The molecule has 0 aliphatic carbocycles. The van der Waals surface area contributed by atoms with E-state index in [1.807, 2.05) is 37.4 Å². The van der Waals surface area contributed by atoms with E-state index in [9.17, 15) is 4.79 Å². The lowest BCUT2D eigenvalue weighted by Crippen LogP contribution is -2.16. The number of methoxy groups -OCH3 is 1. The minimum absolute atomic E-state index is 0.261. The van der Waals surface area contributed by atoms with Gasteiger partial charge in [-0.25, -0.2) is 4.79 Å². The first-order valence-electron chi connectivity index (χ1n) is 6.38. The monoisotopic (exact) mass is 349 g/mol. The molecule has 0 atom stereocenters. The Morgan fingerprint density at radius 3 is 2.43 bits per heavy atom. The van der Waals surface area contributed by atoms with Crippen LogP contribution < -0.4 is 9.64 Å². The van der Waals surface area contributed by atoms with Gasteiger partial charge in [-0.1, -0.05) is 12.1 Å². The fourth-order valence-corrected chi connectivity index (χ4v) is 2.55. The number of carboxylic acid groups (broad SMARTS) is 1. The summed E-state index contributed by atoms with van der Waals surface area (Å²) in [5.74, 6) is -0.110. The number of carboxylic acids is 1. The third-order valence-electron chi connectivity index (χ3n) is 3.20. The van der Waals surface area contributed by atoms with Crippen LogP contribution in [-0.2, 0) is 6.54 Å². The van der Waals surface area contributed by atoms with E-state index < -0.39 is 5.97 Å². The highest BCUT2D eigenvalue weighted by Gasteiger charge is 2.10. The number of anilines is 1. The van der Waals surface area contributed by atoms with Gasteiger partial charge in [0.15, 0.2) is 0 Å². The normalized spacial score (nSPS) is 10.2. The first-order valence-corrected chi connectivity index (χ1v) is 7.17. The van der Waals surface area contributed by atoms with E-state index in [1.54, 1.807) is 19.2 Å². The summed E-state index contributed by atoms with van der Waals surface area (Å²) in [7, 11) is 3.61. The maximum Gasteiger partial charge on any atom is 0.336 e. The lowest BCUT2D eigenvalue weighted by atomic mass is 10.1. The van der Waals surface area contributed by atoms with Crippen LogP contribution in [0.4, 0.5) is 5.69 Å². The predicted molar refractivity (Wildman–Crippen MR) is 86.2 cm³/mol. The second kappa shape index (κ2) is 6.63. The van der Waals surface area contributed by atoms with Crippen LogP contribution in [0.5, 0.6) is 5.75 Å². The third-order valence-corrected chi connectivity index (χ3v) is 3.86. The quantitative estimate of drug-likeness (QED) is 0.891. The van der Waals surface area contributed by atoms with Gasteiger partial charge in [-0.15, -0.1) is 0 Å². The topological polar surface area (TPSA) is 49.8 Å². The van der Waals surface area contributed by atoms with Gasteiger partial charge >= 0.3 is 5.97 Å². The molecule has 0 radical (unpaired) electrons. The molecule has 21 heavy (non-hydrogen) atoms. The van der Waals surface area contributed by atoms with Gasteiger partial charge in [0, 0.05) is 23.8 Å². The molecule has 0 aliphatic heterocycles. The highest BCUT2D eigenvalue weighted by Crippen LogP contribution is 2.25. The maximum absolute atomic E-state index is 11.0. The van der Waals surface area contributed by atoms with Crippen LogP contribution >= 0.6 is 15.9 Å². The van der Waals surface area contributed by atoms with E-state index in [4.69, 9.17) is 9.84 Å². The zero-order valence-corrected chi connectivity index (χ0v) is 13.4. The summed E-state index contributed by atoms with van der Waals surface area (Å²) in [4.78, 5) is 13.1. The lowest BCUT2D eigenvalue weighted by molar-refractivity contribution is 0.0696. The lowest BCUT2D eigenvalue weighted by Gasteiger charge is -2.20. The number of aromatic carboxylic acids is 1. The largest absolute Gasteiger partial charge is 0.497 e. The summed E-state index contributed by atoms with van der Waals surface area (Å²) in [6.07, 6.45) is 0. The molecule has 2 aromatic carbocycles. The van der Waals surface area contributed by atoms with Crippen molar-refractivity contribution in [3.63, 3.8) is 0 Å². The van der Waals surface area contributed by atoms with Crippen LogP contribution in [0, 0.1) is 0 Å². The number of rotatable bonds is 5. The molecule has 5 heteroatoms. The molecule has 1 N–H and O–H groups in total. The Kier molecular flexibility index (Phi) is 4.85. The first-order chi connectivity index (χ1) is 10.0. The average molecular weight is 350 g/mol. The van der Waals surface area contributed by atoms with Crippen molar-refractivity contribution in [2.75, 3.05) is 19.1 Å². The van der Waals surface area contributed by atoms with Gasteiger partial charge in [0.1, 0.15) is 5.75 Å². The molecule has 110 valence electrons. The van der Waals surface area contributed by atoms with Gasteiger partial charge in [0.25, 0.3) is 0 Å². The van der Waals surface area contributed by atoms with E-state index >= 15 is 0 Å². The fourth-order valence-electron chi connectivity index (χ4n) is 2.01. The Labute approximate surface area is 132 Å². The molecular weight excluding hydrogens is 334 g/mol. The third kappa shape index (κ3) is 3.76. The van der Waals surface area contributed by atoms with Crippen LogP contribution in [-0.4, -0.2) is 25.2 Å². The summed E-state index contributed by atoms with van der Waals surface area (Å²) >= 11 is 3.30. The van der Waals surface area contributed by atoms with Crippen LogP contribution in [0.1, 0.15) is 15.9 Å². The Bertz CT molecular complexity index is 640. The standard InChI is InChI=1S/C16H16BrNO3/c1-18(10-11-3-6-13(21-2)7-4-11)12-5-8-14(16(19)20)15(17)9-12/h3-9H,10H2,1-2H3,(H,19,20). The smallest absolute Gasteiger partial charge is 0.336 e. The van der Waals surface area contributed by atoms with Crippen molar-refractivity contribution in [2.45, 2.75) is 6.54 Å². The van der Waals surface area contributed by atoms with Crippen molar-refractivity contribution in [2.24, 2.45) is 0 Å². The highest BCUT2D eigenvalue weighted by atomic mass is 79.9. The highest BCUT2D eigenvalue weighted by molar-refractivity contribution is 9.10. The average Bonchev–Trinajstić information content (AvgIpc) is 2.47. The Morgan fingerprint density at radius 2 is 1.90 bits per heavy atom. The van der Waals surface area contributed by atoms with Crippen LogP contribution in [0.25, 0.3) is 0 Å². The predicted octanol–water partition coefficient (Wildman–Crippen LogP) is 3.79. The second-order valence-electron chi connectivity index (χ2n) is 4.67. The molecule has 0 heterocycles. The minimum atomic E-state index is -0.939. The first kappa shape index (κ1) is 15.4. The number of halogens is 1. The molecule has 4 nitrogen and oxygen atoms in total. The summed E-state index contributed by atoms with van der Waals surface area (Å²) < 4.78 is 5.71. The minimum Gasteiger partial charge on any atom is -0.497 e. The number of benzene rings is 2. The maximum atomic E-state index is 11.0. The zero-order chi connectivity index (χ0) is 15.4. The van der Waals surface area contributed by atoms with Crippen molar-refractivity contribution in [1.29, 1.82) is 0 Å². The Morgan fingerprint density at radius 1 is 1.24 bits per heavy atom. The molecule has 0 saturated carbocycles. The number of hydrogen-bond donors (Lipinski definition) is 1. The molecule has 0 fully saturated rings. The van der Waals surface area contributed by atoms with Gasteiger partial charge in [-0.2, -0.15) is 0 Å². The van der Waals surface area contributed by atoms with Crippen molar-refractivity contribution < 1.29 is 14.6 Å². The van der Waals surface area contributed by atoms with Crippen LogP contribution in [0.15, 0.2) is 46.9 Å². The van der Waals surface area contributed by atoms with Crippen molar-refractivity contribution in [1.82, 2.24) is 0 Å². The van der Waals surface area contributed by atoms with E-state index in [0.717, 1.165) is 23.5 Å². The molecule has 0 saturated heterocycles. The van der Waals surface area contributed by atoms with Gasteiger partial charge in [0.05, 0.1) is 12.7 Å². The van der Waals surface area contributed by atoms with Gasteiger partial charge in [-0.05, 0) is 51.8 Å². The molecule has 2 rings (SSSR count). The van der Waals surface area contributed by atoms with Crippen LogP contribution in [0.3, 0.4) is 0 Å². The summed E-state index contributed by atoms with van der Waals surface area (Å²) in [5, 5.41) is 9.02. The number of hydrogen-bond acceptors (Lipinski definition) is 3. The number of nitrogens with zero attached hydrogens (tertiary/aromatic N) is 1. The molecular formula is C16H16BrNO3.